The van der Waals surface area contributed by atoms with Gasteiger partial charge in [0.2, 0.25) is 0 Å². The monoisotopic (exact) mass is 225 g/mol. The molecule has 0 spiro atoms. The number of nitrogens with one attached hydrogen (secondary N) is 1. The van der Waals surface area contributed by atoms with E-state index in [-0.39, 0.29) is 5.41 Å². The molecule has 0 radical (unpaired) electrons. The third kappa shape index (κ3) is 2.40. The Balaban J connectivity index is 2.19. The first kappa shape index (κ1) is 11.9. The minimum absolute atomic E-state index is 0.137. The van der Waals surface area contributed by atoms with Gasteiger partial charge in [0, 0.05) is 6.04 Å². The molecule has 2 aliphatic carbocycles. The van der Waals surface area contributed by atoms with Gasteiger partial charge in [-0.1, -0.05) is 20.8 Å². The molecule has 0 bridgehead atoms. The highest BCUT2D eigenvalue weighted by Gasteiger charge is 2.50. The Morgan fingerprint density at radius 2 is 1.94 bits per heavy atom. The van der Waals surface area contributed by atoms with Gasteiger partial charge >= 0.3 is 5.97 Å². The van der Waals surface area contributed by atoms with Gasteiger partial charge in [-0.2, -0.15) is 0 Å². The topological polar surface area (TPSA) is 49.3 Å². The summed E-state index contributed by atoms with van der Waals surface area (Å²) in [6.07, 6.45) is 4.96. The Kier molecular flexibility index (Phi) is 2.77. The van der Waals surface area contributed by atoms with Crippen LogP contribution in [0, 0.1) is 11.3 Å². The summed E-state index contributed by atoms with van der Waals surface area (Å²) in [5.74, 6) is -0.162. The number of carboxylic acids is 1. The number of rotatable bonds is 3. The fraction of sp³-hybridized carbons (Fsp3) is 0.923. The van der Waals surface area contributed by atoms with Crippen LogP contribution in [0.25, 0.3) is 0 Å². The standard InChI is InChI=1S/C13H23NO2/c1-9-6-12(2,3)8-13(7-9,11(15)16)14-10-4-5-10/h9-10,14H,4-8H2,1-3H3,(H,15,16). The molecule has 92 valence electrons. The number of aliphatic carboxylic acids is 1. The maximum absolute atomic E-state index is 11.6. The minimum Gasteiger partial charge on any atom is -0.480 e. The lowest BCUT2D eigenvalue weighted by atomic mass is 9.64. The van der Waals surface area contributed by atoms with Gasteiger partial charge in [-0.15, -0.1) is 0 Å². The first-order chi connectivity index (χ1) is 7.33. The zero-order chi connectivity index (χ0) is 12.0. The molecule has 0 heterocycles. The normalized spacial score (nSPS) is 38.3. The smallest absolute Gasteiger partial charge is 0.323 e. The van der Waals surface area contributed by atoms with Crippen molar-refractivity contribution in [3.63, 3.8) is 0 Å². The van der Waals surface area contributed by atoms with Crippen LogP contribution in [-0.4, -0.2) is 22.7 Å². The van der Waals surface area contributed by atoms with Crippen molar-refractivity contribution in [1.29, 1.82) is 0 Å². The van der Waals surface area contributed by atoms with E-state index in [1.54, 1.807) is 0 Å². The molecule has 16 heavy (non-hydrogen) atoms. The molecule has 2 aliphatic rings. The van der Waals surface area contributed by atoms with Crippen molar-refractivity contribution >= 4 is 5.97 Å². The van der Waals surface area contributed by atoms with Gasteiger partial charge in [0.15, 0.2) is 0 Å². The highest BCUT2D eigenvalue weighted by atomic mass is 16.4. The van der Waals surface area contributed by atoms with Gasteiger partial charge in [0.05, 0.1) is 0 Å². The van der Waals surface area contributed by atoms with Crippen LogP contribution in [0.4, 0.5) is 0 Å². The Bertz CT molecular complexity index is 292. The van der Waals surface area contributed by atoms with Gasteiger partial charge in [0.25, 0.3) is 0 Å². The third-order valence-electron chi connectivity index (χ3n) is 3.85. The molecule has 3 nitrogen and oxygen atoms in total. The molecule has 0 aromatic rings. The molecule has 2 saturated carbocycles. The largest absolute Gasteiger partial charge is 0.480 e. The predicted octanol–water partition coefficient (Wildman–Crippen LogP) is 2.41. The van der Waals surface area contributed by atoms with Crippen molar-refractivity contribution in [2.45, 2.75) is 64.5 Å². The van der Waals surface area contributed by atoms with Crippen molar-refractivity contribution in [3.05, 3.63) is 0 Å². The molecule has 0 aliphatic heterocycles. The van der Waals surface area contributed by atoms with Crippen molar-refractivity contribution in [1.82, 2.24) is 5.32 Å². The molecule has 2 fully saturated rings. The van der Waals surface area contributed by atoms with E-state index in [9.17, 15) is 9.90 Å². The Morgan fingerprint density at radius 3 is 2.38 bits per heavy atom. The van der Waals surface area contributed by atoms with Crippen molar-refractivity contribution in [2.24, 2.45) is 11.3 Å². The van der Waals surface area contributed by atoms with Crippen LogP contribution in [0.15, 0.2) is 0 Å². The van der Waals surface area contributed by atoms with E-state index in [0.29, 0.717) is 12.0 Å². The van der Waals surface area contributed by atoms with Crippen LogP contribution in [0.5, 0.6) is 0 Å². The van der Waals surface area contributed by atoms with Crippen LogP contribution in [-0.2, 0) is 4.79 Å². The summed E-state index contributed by atoms with van der Waals surface area (Å²) in [6, 6.07) is 0.456. The fourth-order valence-electron chi connectivity index (χ4n) is 3.52. The quantitative estimate of drug-likeness (QED) is 0.775. The molecule has 0 aromatic heterocycles. The van der Waals surface area contributed by atoms with E-state index in [4.69, 9.17) is 0 Å². The summed E-state index contributed by atoms with van der Waals surface area (Å²) in [5, 5.41) is 12.9. The summed E-state index contributed by atoms with van der Waals surface area (Å²) in [4.78, 5) is 11.6. The van der Waals surface area contributed by atoms with Gasteiger partial charge in [-0.3, -0.25) is 10.1 Å². The van der Waals surface area contributed by atoms with E-state index in [0.717, 1.165) is 32.1 Å². The molecule has 2 unspecified atom stereocenters. The Hall–Kier alpha value is -0.570. The zero-order valence-electron chi connectivity index (χ0n) is 10.5. The fourth-order valence-corrected chi connectivity index (χ4v) is 3.52. The summed E-state index contributed by atoms with van der Waals surface area (Å²) in [7, 11) is 0. The van der Waals surface area contributed by atoms with Gasteiger partial charge in [-0.25, -0.2) is 0 Å². The molecular formula is C13H23NO2. The summed E-state index contributed by atoms with van der Waals surface area (Å²) >= 11 is 0. The first-order valence-electron chi connectivity index (χ1n) is 6.34. The van der Waals surface area contributed by atoms with E-state index in [1.807, 2.05) is 0 Å². The van der Waals surface area contributed by atoms with Crippen LogP contribution in [0.3, 0.4) is 0 Å². The maximum Gasteiger partial charge on any atom is 0.323 e. The van der Waals surface area contributed by atoms with E-state index in [2.05, 4.69) is 26.1 Å². The lowest BCUT2D eigenvalue weighted by Gasteiger charge is -2.45. The summed E-state index contributed by atoms with van der Waals surface area (Å²) in [6.45, 7) is 6.55. The van der Waals surface area contributed by atoms with Crippen molar-refractivity contribution < 1.29 is 9.90 Å². The Labute approximate surface area is 97.6 Å². The molecular weight excluding hydrogens is 202 g/mol. The number of carboxylic acid groups (broad SMARTS) is 1. The molecule has 3 heteroatoms. The van der Waals surface area contributed by atoms with Crippen LogP contribution < -0.4 is 5.32 Å². The van der Waals surface area contributed by atoms with Crippen molar-refractivity contribution in [2.75, 3.05) is 0 Å². The maximum atomic E-state index is 11.6. The van der Waals surface area contributed by atoms with E-state index in [1.165, 1.54) is 0 Å². The zero-order valence-corrected chi connectivity index (χ0v) is 10.5. The van der Waals surface area contributed by atoms with Gasteiger partial charge in [-0.05, 0) is 43.4 Å². The molecule has 2 atom stereocenters. The number of hydrogen-bond donors (Lipinski definition) is 2. The van der Waals surface area contributed by atoms with E-state index < -0.39 is 11.5 Å². The molecule has 0 amide bonds. The van der Waals surface area contributed by atoms with Crippen LogP contribution in [0.1, 0.15) is 52.9 Å². The number of carbonyl (C=O) groups is 1. The average Bonchev–Trinajstić information content (AvgIpc) is 2.83. The predicted molar refractivity (Wildman–Crippen MR) is 63.3 cm³/mol. The SMILES string of the molecule is CC1CC(C)(C)CC(NC2CC2)(C(=O)O)C1. The summed E-state index contributed by atoms with van der Waals surface area (Å²) < 4.78 is 0. The van der Waals surface area contributed by atoms with E-state index >= 15 is 0 Å². The molecule has 0 saturated heterocycles. The second-order valence-electron chi connectivity index (χ2n) is 6.66. The van der Waals surface area contributed by atoms with Gasteiger partial charge in [0.1, 0.15) is 5.54 Å². The average molecular weight is 225 g/mol. The second-order valence-corrected chi connectivity index (χ2v) is 6.66. The molecule has 2 rings (SSSR count). The van der Waals surface area contributed by atoms with Crippen molar-refractivity contribution in [3.8, 4) is 0 Å². The highest BCUT2D eigenvalue weighted by molar-refractivity contribution is 5.79. The Morgan fingerprint density at radius 1 is 1.31 bits per heavy atom. The lowest BCUT2D eigenvalue weighted by molar-refractivity contribution is -0.149. The second kappa shape index (κ2) is 3.73. The van der Waals surface area contributed by atoms with Crippen LogP contribution in [0.2, 0.25) is 0 Å². The molecule has 2 N–H and O–H groups in total. The highest BCUT2D eigenvalue weighted by Crippen LogP contribution is 2.45. The number of hydrogen-bond acceptors (Lipinski definition) is 2. The minimum atomic E-state index is -0.664. The van der Waals surface area contributed by atoms with Gasteiger partial charge < -0.3 is 5.11 Å². The molecule has 0 aromatic carbocycles. The first-order valence-corrected chi connectivity index (χ1v) is 6.34. The van der Waals surface area contributed by atoms with Crippen LogP contribution >= 0.6 is 0 Å². The third-order valence-corrected chi connectivity index (χ3v) is 3.85. The lowest BCUT2D eigenvalue weighted by Crippen LogP contribution is -2.58. The summed E-state index contributed by atoms with van der Waals surface area (Å²) in [5.41, 5.74) is -0.528.